The second kappa shape index (κ2) is 9.93. The number of nitrogens with zero attached hydrogens (tertiary/aromatic N) is 1. The van der Waals surface area contributed by atoms with Gasteiger partial charge in [-0.15, -0.1) is 0 Å². The SMILES string of the molecule is COCC/C(N)=C/N(N)[C@H](O)C(C)C1CC[C@@H](C)C2CCC(C)OCC12. The second-order valence-corrected chi connectivity index (χ2v) is 8.43. The van der Waals surface area contributed by atoms with E-state index >= 15 is 0 Å². The standard InChI is InChI=1S/C20H39N3O3/c1-13-5-7-18(19-12-26-14(2)6-8-17(13)19)15(3)20(24)23(22)11-16(21)9-10-25-4/h11,13-15,17-20,24H,5-10,12,21-22H2,1-4H3/b16-11-/t13-,14?,15?,17?,18?,19?,20-/m1/s1. The Kier molecular flexibility index (Phi) is 8.20. The molecule has 0 spiro atoms. The summed E-state index contributed by atoms with van der Waals surface area (Å²) in [6, 6.07) is 0. The first-order valence-corrected chi connectivity index (χ1v) is 10.1. The van der Waals surface area contributed by atoms with Gasteiger partial charge >= 0.3 is 0 Å². The van der Waals surface area contributed by atoms with Crippen molar-refractivity contribution in [3.05, 3.63) is 11.9 Å². The van der Waals surface area contributed by atoms with Crippen LogP contribution in [0.25, 0.3) is 0 Å². The number of aliphatic hydroxyl groups is 1. The Bertz CT molecular complexity index is 460. The highest BCUT2D eigenvalue weighted by Gasteiger charge is 2.43. The van der Waals surface area contributed by atoms with Crippen LogP contribution in [0.15, 0.2) is 11.9 Å². The van der Waals surface area contributed by atoms with E-state index in [-0.39, 0.29) is 5.92 Å². The van der Waals surface area contributed by atoms with E-state index < -0.39 is 6.23 Å². The first-order chi connectivity index (χ1) is 12.3. The van der Waals surface area contributed by atoms with E-state index in [0.29, 0.717) is 42.6 Å². The van der Waals surface area contributed by atoms with Crippen molar-refractivity contribution in [3.8, 4) is 0 Å². The third-order valence-electron chi connectivity index (χ3n) is 6.63. The van der Waals surface area contributed by atoms with Crippen molar-refractivity contribution in [2.24, 2.45) is 41.2 Å². The van der Waals surface area contributed by atoms with Crippen LogP contribution < -0.4 is 11.6 Å². The molecule has 2 aliphatic rings. The van der Waals surface area contributed by atoms with Crippen LogP contribution in [0.2, 0.25) is 0 Å². The normalized spacial score (nSPS) is 35.3. The maximum absolute atomic E-state index is 10.8. The van der Waals surface area contributed by atoms with Gasteiger partial charge in [-0.05, 0) is 49.9 Å². The minimum absolute atomic E-state index is 0.0588. The summed E-state index contributed by atoms with van der Waals surface area (Å²) in [7, 11) is 1.64. The van der Waals surface area contributed by atoms with Gasteiger partial charge in [-0.3, -0.25) is 5.01 Å². The maximum Gasteiger partial charge on any atom is 0.143 e. The van der Waals surface area contributed by atoms with Crippen LogP contribution >= 0.6 is 0 Å². The van der Waals surface area contributed by atoms with Gasteiger partial charge in [0.1, 0.15) is 6.23 Å². The molecular formula is C20H39N3O3. The van der Waals surface area contributed by atoms with Gasteiger partial charge in [0.2, 0.25) is 0 Å². The lowest BCUT2D eigenvalue weighted by Gasteiger charge is -2.45. The van der Waals surface area contributed by atoms with E-state index in [9.17, 15) is 5.11 Å². The predicted octanol–water partition coefficient (Wildman–Crippen LogP) is 2.43. The third-order valence-corrected chi connectivity index (χ3v) is 6.63. The lowest BCUT2D eigenvalue weighted by molar-refractivity contribution is -0.0743. The molecule has 152 valence electrons. The molecule has 6 nitrogen and oxygen atoms in total. The Balaban J connectivity index is 2.05. The molecular weight excluding hydrogens is 330 g/mol. The highest BCUT2D eigenvalue weighted by Crippen LogP contribution is 2.46. The summed E-state index contributed by atoms with van der Waals surface area (Å²) in [5.74, 6) is 8.48. The summed E-state index contributed by atoms with van der Waals surface area (Å²) < 4.78 is 11.1. The molecule has 2 rings (SSSR count). The highest BCUT2D eigenvalue weighted by molar-refractivity contribution is 4.97. The van der Waals surface area contributed by atoms with Crippen LogP contribution in [-0.4, -0.2) is 42.8 Å². The molecule has 1 heterocycles. The molecule has 26 heavy (non-hydrogen) atoms. The van der Waals surface area contributed by atoms with Crippen molar-refractivity contribution in [1.29, 1.82) is 0 Å². The fraction of sp³-hybridized carbons (Fsp3) is 0.900. The van der Waals surface area contributed by atoms with Crippen molar-refractivity contribution in [3.63, 3.8) is 0 Å². The molecule has 0 aromatic carbocycles. The van der Waals surface area contributed by atoms with Crippen LogP contribution in [0.5, 0.6) is 0 Å². The van der Waals surface area contributed by atoms with Gasteiger partial charge in [-0.2, -0.15) is 0 Å². The van der Waals surface area contributed by atoms with Crippen LogP contribution in [0.4, 0.5) is 0 Å². The molecule has 0 aromatic rings. The maximum atomic E-state index is 10.8. The summed E-state index contributed by atoms with van der Waals surface area (Å²) in [5.41, 5.74) is 6.58. The van der Waals surface area contributed by atoms with Crippen LogP contribution in [0, 0.1) is 29.6 Å². The zero-order valence-electron chi connectivity index (χ0n) is 16.9. The molecule has 0 radical (unpaired) electrons. The van der Waals surface area contributed by atoms with Crippen LogP contribution in [0.1, 0.15) is 52.9 Å². The zero-order chi connectivity index (χ0) is 19.3. The zero-order valence-corrected chi connectivity index (χ0v) is 16.9. The van der Waals surface area contributed by atoms with Crippen molar-refractivity contribution in [2.75, 3.05) is 20.3 Å². The molecule has 1 aliphatic heterocycles. The van der Waals surface area contributed by atoms with Gasteiger partial charge in [0.25, 0.3) is 0 Å². The first-order valence-electron chi connectivity index (χ1n) is 10.1. The van der Waals surface area contributed by atoms with E-state index in [2.05, 4.69) is 20.8 Å². The quantitative estimate of drug-likeness (QED) is 0.362. The largest absolute Gasteiger partial charge is 0.401 e. The molecule has 1 saturated heterocycles. The smallest absolute Gasteiger partial charge is 0.143 e. The summed E-state index contributed by atoms with van der Waals surface area (Å²) in [5, 5.41) is 12.2. The Labute approximate surface area is 158 Å². The van der Waals surface area contributed by atoms with Crippen LogP contribution in [0.3, 0.4) is 0 Å². The number of hydrazine groups is 1. The number of hydrogen-bond acceptors (Lipinski definition) is 6. The molecule has 1 saturated carbocycles. The van der Waals surface area contributed by atoms with Crippen molar-refractivity contribution in [2.45, 2.75) is 65.2 Å². The number of methoxy groups -OCH3 is 1. The van der Waals surface area contributed by atoms with Crippen LogP contribution in [-0.2, 0) is 9.47 Å². The topological polar surface area (TPSA) is 94.0 Å². The number of aliphatic hydroxyl groups excluding tert-OH is 1. The molecule has 1 aliphatic carbocycles. The summed E-state index contributed by atoms with van der Waals surface area (Å²) >= 11 is 0. The fourth-order valence-electron chi connectivity index (χ4n) is 4.85. The summed E-state index contributed by atoms with van der Waals surface area (Å²) in [6.07, 6.45) is 6.51. The minimum Gasteiger partial charge on any atom is -0.401 e. The van der Waals surface area contributed by atoms with Gasteiger partial charge in [-0.1, -0.05) is 20.3 Å². The van der Waals surface area contributed by atoms with Gasteiger partial charge < -0.3 is 20.3 Å². The molecule has 0 bridgehead atoms. The van der Waals surface area contributed by atoms with E-state index in [4.69, 9.17) is 21.1 Å². The van der Waals surface area contributed by atoms with E-state index in [1.165, 1.54) is 17.9 Å². The number of rotatable bonds is 7. The average Bonchev–Trinajstić information content (AvgIpc) is 2.82. The molecule has 6 heteroatoms. The number of fused-ring (bicyclic) bond motifs is 1. The number of ether oxygens (including phenoxy) is 2. The lowest BCUT2D eigenvalue weighted by Crippen LogP contribution is -2.48. The molecule has 5 unspecified atom stereocenters. The van der Waals surface area contributed by atoms with E-state index in [1.807, 2.05) is 0 Å². The van der Waals surface area contributed by atoms with Gasteiger partial charge in [0, 0.05) is 31.3 Å². The molecule has 5 N–H and O–H groups in total. The third kappa shape index (κ3) is 5.35. The van der Waals surface area contributed by atoms with Gasteiger partial charge in [-0.25, -0.2) is 5.84 Å². The predicted molar refractivity (Wildman–Crippen MR) is 103 cm³/mol. The molecule has 2 fully saturated rings. The number of hydrogen-bond donors (Lipinski definition) is 3. The van der Waals surface area contributed by atoms with Crippen molar-refractivity contribution < 1.29 is 14.6 Å². The van der Waals surface area contributed by atoms with E-state index in [1.54, 1.807) is 13.3 Å². The van der Waals surface area contributed by atoms with Crippen molar-refractivity contribution >= 4 is 0 Å². The molecule has 7 atom stereocenters. The van der Waals surface area contributed by atoms with Crippen molar-refractivity contribution in [1.82, 2.24) is 5.01 Å². The van der Waals surface area contributed by atoms with Gasteiger partial charge in [0.15, 0.2) is 0 Å². The molecule has 0 amide bonds. The summed E-state index contributed by atoms with van der Waals surface area (Å²) in [6.45, 7) is 8.00. The number of nitrogens with two attached hydrogens (primary N) is 2. The minimum atomic E-state index is -0.754. The lowest BCUT2D eigenvalue weighted by atomic mass is 9.62. The monoisotopic (exact) mass is 369 g/mol. The average molecular weight is 370 g/mol. The van der Waals surface area contributed by atoms with E-state index in [0.717, 1.165) is 25.4 Å². The summed E-state index contributed by atoms with van der Waals surface area (Å²) in [4.78, 5) is 0. The Morgan fingerprint density at radius 1 is 1.27 bits per heavy atom. The Morgan fingerprint density at radius 2 is 2.00 bits per heavy atom. The Morgan fingerprint density at radius 3 is 2.69 bits per heavy atom. The highest BCUT2D eigenvalue weighted by atomic mass is 16.5. The Hall–Kier alpha value is -0.820. The molecule has 0 aromatic heterocycles. The second-order valence-electron chi connectivity index (χ2n) is 8.43. The first kappa shape index (κ1) is 21.5. The fourth-order valence-corrected chi connectivity index (χ4v) is 4.85. The van der Waals surface area contributed by atoms with Gasteiger partial charge in [0.05, 0.1) is 19.3 Å².